The van der Waals surface area contributed by atoms with Gasteiger partial charge in [-0.3, -0.25) is 0 Å². The van der Waals surface area contributed by atoms with Crippen LogP contribution >= 0.6 is 0 Å². The second-order valence-electron chi connectivity index (χ2n) is 14.9. The number of para-hydroxylation sites is 1. The van der Waals surface area contributed by atoms with E-state index < -0.39 is 0 Å². The van der Waals surface area contributed by atoms with E-state index in [-0.39, 0.29) is 0 Å². The fourth-order valence-corrected chi connectivity index (χ4v) is 8.03. The maximum Gasteiger partial charge on any atom is 0.0788 e. The van der Waals surface area contributed by atoms with Crippen molar-refractivity contribution in [2.45, 2.75) is 27.7 Å². The summed E-state index contributed by atoms with van der Waals surface area (Å²) in [5.74, 6) is 0. The Morgan fingerprint density at radius 1 is 0.286 bits per heavy atom. The first kappa shape index (κ1) is 34.8. The van der Waals surface area contributed by atoms with Crippen molar-refractivity contribution >= 4 is 55.7 Å². The van der Waals surface area contributed by atoms with Crippen molar-refractivity contribution in [3.05, 3.63) is 216 Å². The first-order valence-electron chi connectivity index (χ1n) is 19.4. The number of rotatable bonds is 8. The third kappa shape index (κ3) is 6.50. The molecule has 0 aromatic heterocycles. The summed E-state index contributed by atoms with van der Waals surface area (Å²) >= 11 is 0. The number of hydrogen-bond acceptors (Lipinski definition) is 2. The van der Waals surface area contributed by atoms with Crippen molar-refractivity contribution in [3.8, 4) is 22.3 Å². The average molecular weight is 721 g/mol. The fourth-order valence-electron chi connectivity index (χ4n) is 8.03. The molecule has 0 amide bonds. The molecule has 2 heteroatoms. The lowest BCUT2D eigenvalue weighted by molar-refractivity contribution is 1.23. The molecule has 0 radical (unpaired) electrons. The Morgan fingerprint density at radius 2 is 0.696 bits per heavy atom. The van der Waals surface area contributed by atoms with E-state index in [2.05, 4.69) is 232 Å². The van der Waals surface area contributed by atoms with Crippen LogP contribution in [0.1, 0.15) is 22.3 Å². The van der Waals surface area contributed by atoms with Gasteiger partial charge < -0.3 is 9.80 Å². The molecule has 9 aromatic rings. The summed E-state index contributed by atoms with van der Waals surface area (Å²) in [5, 5.41) is 4.80. The van der Waals surface area contributed by atoms with Gasteiger partial charge in [-0.2, -0.15) is 0 Å². The van der Waals surface area contributed by atoms with Gasteiger partial charge in [0, 0.05) is 33.5 Å². The van der Waals surface area contributed by atoms with E-state index in [0.29, 0.717) is 0 Å². The van der Waals surface area contributed by atoms with Crippen molar-refractivity contribution in [1.29, 1.82) is 0 Å². The van der Waals surface area contributed by atoms with Crippen LogP contribution in [0.2, 0.25) is 0 Å². The Morgan fingerprint density at radius 3 is 1.18 bits per heavy atom. The topological polar surface area (TPSA) is 6.48 Å². The number of aryl methyl sites for hydroxylation is 4. The second kappa shape index (κ2) is 14.7. The molecule has 0 aliphatic rings. The van der Waals surface area contributed by atoms with Gasteiger partial charge >= 0.3 is 0 Å². The molecule has 9 rings (SSSR count). The summed E-state index contributed by atoms with van der Waals surface area (Å²) in [6.07, 6.45) is 0. The highest BCUT2D eigenvalue weighted by Gasteiger charge is 2.28. The van der Waals surface area contributed by atoms with Crippen LogP contribution in [0.3, 0.4) is 0 Å². The highest BCUT2D eigenvalue weighted by Crippen LogP contribution is 2.53. The van der Waals surface area contributed by atoms with Crippen molar-refractivity contribution < 1.29 is 0 Å². The highest BCUT2D eigenvalue weighted by atomic mass is 15.2. The highest BCUT2D eigenvalue weighted by molar-refractivity contribution is 6.23. The van der Waals surface area contributed by atoms with Crippen LogP contribution < -0.4 is 9.80 Å². The van der Waals surface area contributed by atoms with Gasteiger partial charge in [-0.25, -0.2) is 0 Å². The molecule has 0 aliphatic carbocycles. The Labute approximate surface area is 330 Å². The Hall–Kier alpha value is -6.90. The van der Waals surface area contributed by atoms with Gasteiger partial charge in [0.1, 0.15) is 0 Å². The van der Waals surface area contributed by atoms with Crippen LogP contribution in [0.25, 0.3) is 43.8 Å². The average Bonchev–Trinajstić information content (AvgIpc) is 3.23. The van der Waals surface area contributed by atoms with Crippen LogP contribution in [0.4, 0.5) is 34.1 Å². The van der Waals surface area contributed by atoms with Crippen molar-refractivity contribution in [3.63, 3.8) is 0 Å². The lowest BCUT2D eigenvalue weighted by Gasteiger charge is -2.36. The molecule has 0 saturated heterocycles. The lowest BCUT2D eigenvalue weighted by Crippen LogP contribution is -2.18. The number of anilines is 6. The molecular formula is C54H44N2. The molecule has 0 spiro atoms. The predicted molar refractivity (Wildman–Crippen MR) is 241 cm³/mol. The standard InChI is InChI=1S/C54H44N2/c1-37-20-24-41(25-21-37)43-28-32-45(33-29-43)55(47-14-11-12-39(3)36-47)53-50-17-8-6-15-48(50)49-16-7-9-18-51(49)54(53)56(52-19-10-5-13-40(52)4)46-34-30-44(31-35-46)42-26-22-38(2)23-27-42/h5-36H,1-4H3. The Kier molecular flexibility index (Phi) is 9.17. The summed E-state index contributed by atoms with van der Waals surface area (Å²) in [7, 11) is 0. The molecule has 0 aliphatic heterocycles. The molecule has 0 saturated carbocycles. The zero-order chi connectivity index (χ0) is 38.2. The predicted octanol–water partition coefficient (Wildman–Crippen LogP) is 15.5. The zero-order valence-electron chi connectivity index (χ0n) is 32.4. The van der Waals surface area contributed by atoms with Gasteiger partial charge in [0.25, 0.3) is 0 Å². The van der Waals surface area contributed by atoms with Gasteiger partial charge in [0.15, 0.2) is 0 Å². The summed E-state index contributed by atoms with van der Waals surface area (Å²) in [6.45, 7) is 8.67. The quantitative estimate of drug-likeness (QED) is 0.114. The summed E-state index contributed by atoms with van der Waals surface area (Å²) in [6, 6.07) is 71.2. The van der Waals surface area contributed by atoms with Crippen molar-refractivity contribution in [2.75, 3.05) is 9.80 Å². The molecule has 0 heterocycles. The van der Waals surface area contributed by atoms with Crippen LogP contribution in [0.15, 0.2) is 194 Å². The Balaban J connectivity index is 1.36. The van der Waals surface area contributed by atoms with Gasteiger partial charge in [0.2, 0.25) is 0 Å². The minimum absolute atomic E-state index is 1.09. The molecule has 9 aromatic carbocycles. The van der Waals surface area contributed by atoms with Gasteiger partial charge in [-0.1, -0.05) is 163 Å². The van der Waals surface area contributed by atoms with E-state index in [9.17, 15) is 0 Å². The van der Waals surface area contributed by atoms with Gasteiger partial charge in [-0.05, 0) is 114 Å². The van der Waals surface area contributed by atoms with Crippen LogP contribution in [-0.2, 0) is 0 Å². The second-order valence-corrected chi connectivity index (χ2v) is 14.9. The maximum absolute atomic E-state index is 2.49. The van der Waals surface area contributed by atoms with Gasteiger partial charge in [-0.15, -0.1) is 0 Å². The summed E-state index contributed by atoms with van der Waals surface area (Å²) < 4.78 is 0. The van der Waals surface area contributed by atoms with Gasteiger partial charge in [0.05, 0.1) is 11.4 Å². The Bertz CT molecular complexity index is 2820. The number of benzene rings is 9. The van der Waals surface area contributed by atoms with Crippen LogP contribution in [0.5, 0.6) is 0 Å². The van der Waals surface area contributed by atoms with E-state index in [1.165, 1.54) is 66.1 Å². The fraction of sp³-hybridized carbons (Fsp3) is 0.0741. The normalized spacial score (nSPS) is 11.2. The summed E-state index contributed by atoms with van der Waals surface area (Å²) in [5.41, 5.74) is 16.4. The maximum atomic E-state index is 2.49. The van der Waals surface area contributed by atoms with Crippen molar-refractivity contribution in [1.82, 2.24) is 0 Å². The molecule has 0 fully saturated rings. The zero-order valence-corrected chi connectivity index (χ0v) is 32.4. The molecule has 0 atom stereocenters. The molecule has 0 N–H and O–H groups in total. The number of hydrogen-bond donors (Lipinski definition) is 0. The molecule has 2 nitrogen and oxygen atoms in total. The van der Waals surface area contributed by atoms with E-state index in [1.807, 2.05) is 0 Å². The first-order valence-corrected chi connectivity index (χ1v) is 19.4. The largest absolute Gasteiger partial charge is 0.308 e. The summed E-state index contributed by atoms with van der Waals surface area (Å²) in [4.78, 5) is 4.96. The van der Waals surface area contributed by atoms with E-state index in [4.69, 9.17) is 0 Å². The van der Waals surface area contributed by atoms with E-state index in [1.54, 1.807) is 0 Å². The third-order valence-corrected chi connectivity index (χ3v) is 11.0. The van der Waals surface area contributed by atoms with E-state index >= 15 is 0 Å². The van der Waals surface area contributed by atoms with Crippen LogP contribution in [0, 0.1) is 27.7 Å². The molecule has 0 bridgehead atoms. The first-order chi connectivity index (χ1) is 27.4. The molecule has 56 heavy (non-hydrogen) atoms. The van der Waals surface area contributed by atoms with Crippen molar-refractivity contribution in [2.24, 2.45) is 0 Å². The SMILES string of the molecule is Cc1ccc(-c2ccc(N(c3cccc(C)c3)c3c(N(c4ccc(-c5ccc(C)cc5)cc4)c4ccccc4C)c4ccccc4c4ccccc34)cc2)cc1. The minimum atomic E-state index is 1.09. The number of nitrogens with zero attached hydrogens (tertiary/aromatic N) is 2. The molecule has 0 unspecified atom stereocenters. The van der Waals surface area contributed by atoms with Crippen LogP contribution in [-0.4, -0.2) is 0 Å². The molecule has 270 valence electrons. The molecular weight excluding hydrogens is 677 g/mol. The minimum Gasteiger partial charge on any atom is -0.308 e. The lowest BCUT2D eigenvalue weighted by atomic mass is 9.94. The smallest absolute Gasteiger partial charge is 0.0788 e. The third-order valence-electron chi connectivity index (χ3n) is 11.0. The monoisotopic (exact) mass is 720 g/mol. The van der Waals surface area contributed by atoms with E-state index in [0.717, 1.165) is 34.1 Å². The number of fused-ring (bicyclic) bond motifs is 3.